The summed E-state index contributed by atoms with van der Waals surface area (Å²) < 4.78 is 13.0. The lowest BCUT2D eigenvalue weighted by atomic mass is 10.0. The Balaban J connectivity index is 2.67. The number of hydrogen-bond acceptors (Lipinski definition) is 1. The molecule has 0 spiro atoms. The van der Waals surface area contributed by atoms with E-state index < -0.39 is 5.82 Å². The van der Waals surface area contributed by atoms with Crippen molar-refractivity contribution in [1.29, 1.82) is 0 Å². The Hall–Kier alpha value is -0.860. The van der Waals surface area contributed by atoms with Crippen LogP contribution in [0, 0.1) is 5.82 Å². The van der Waals surface area contributed by atoms with E-state index in [0.29, 0.717) is 6.42 Å². The van der Waals surface area contributed by atoms with Crippen molar-refractivity contribution in [2.24, 2.45) is 5.73 Å². The highest BCUT2D eigenvalue weighted by Gasteiger charge is 2.05. The third kappa shape index (κ3) is 3.13. The van der Waals surface area contributed by atoms with Crippen molar-refractivity contribution in [2.45, 2.75) is 18.9 Å². The summed E-state index contributed by atoms with van der Waals surface area (Å²) in [7, 11) is 0. The fourth-order valence-corrected chi connectivity index (χ4v) is 1.38. The Bertz CT molecular complexity index is 325. The first-order valence-corrected chi connectivity index (χ1v) is 4.81. The van der Waals surface area contributed by atoms with Crippen LogP contribution in [0.3, 0.4) is 0 Å². The van der Waals surface area contributed by atoms with E-state index in [0.717, 1.165) is 12.0 Å². The SMILES string of the molecule is C=CCC(N)Cc1ccc(Cl)c(F)c1. The van der Waals surface area contributed by atoms with Crippen LogP contribution in [-0.2, 0) is 6.42 Å². The van der Waals surface area contributed by atoms with E-state index in [-0.39, 0.29) is 11.1 Å². The van der Waals surface area contributed by atoms with Crippen molar-refractivity contribution in [2.75, 3.05) is 0 Å². The zero-order chi connectivity index (χ0) is 10.6. The van der Waals surface area contributed by atoms with Crippen LogP contribution in [0.5, 0.6) is 0 Å². The molecular formula is C11H13ClFN. The summed E-state index contributed by atoms with van der Waals surface area (Å²) in [6.45, 7) is 3.60. The zero-order valence-electron chi connectivity index (χ0n) is 7.84. The largest absolute Gasteiger partial charge is 0.327 e. The summed E-state index contributed by atoms with van der Waals surface area (Å²) in [5, 5.41) is 0.144. The van der Waals surface area contributed by atoms with Crippen LogP contribution in [-0.4, -0.2) is 6.04 Å². The maximum absolute atomic E-state index is 13.0. The van der Waals surface area contributed by atoms with Gasteiger partial charge < -0.3 is 5.73 Å². The number of hydrogen-bond donors (Lipinski definition) is 1. The highest BCUT2D eigenvalue weighted by Crippen LogP contribution is 2.16. The molecule has 0 amide bonds. The van der Waals surface area contributed by atoms with E-state index in [1.54, 1.807) is 18.2 Å². The van der Waals surface area contributed by atoms with E-state index in [9.17, 15) is 4.39 Å². The normalized spacial score (nSPS) is 12.5. The van der Waals surface area contributed by atoms with Gasteiger partial charge in [-0.2, -0.15) is 0 Å². The van der Waals surface area contributed by atoms with Crippen molar-refractivity contribution < 1.29 is 4.39 Å². The predicted octanol–water partition coefficient (Wildman–Crippen LogP) is 2.93. The van der Waals surface area contributed by atoms with Gasteiger partial charge in [-0.3, -0.25) is 0 Å². The van der Waals surface area contributed by atoms with Gasteiger partial charge in [0.25, 0.3) is 0 Å². The summed E-state index contributed by atoms with van der Waals surface area (Å²) >= 11 is 5.56. The van der Waals surface area contributed by atoms with Crippen LogP contribution in [0.1, 0.15) is 12.0 Å². The predicted molar refractivity (Wildman–Crippen MR) is 57.9 cm³/mol. The molecule has 1 rings (SSSR count). The lowest BCUT2D eigenvalue weighted by Gasteiger charge is -2.08. The molecular weight excluding hydrogens is 201 g/mol. The molecule has 0 aliphatic heterocycles. The Labute approximate surface area is 88.4 Å². The van der Waals surface area contributed by atoms with Crippen molar-refractivity contribution in [3.63, 3.8) is 0 Å². The molecule has 0 heterocycles. The maximum atomic E-state index is 13.0. The molecule has 76 valence electrons. The highest BCUT2D eigenvalue weighted by atomic mass is 35.5. The van der Waals surface area contributed by atoms with Crippen molar-refractivity contribution >= 4 is 11.6 Å². The number of halogens is 2. The fourth-order valence-electron chi connectivity index (χ4n) is 1.27. The van der Waals surface area contributed by atoms with E-state index in [1.165, 1.54) is 6.07 Å². The standard InChI is InChI=1S/C11H13ClFN/c1-2-3-9(14)6-8-4-5-10(12)11(13)7-8/h2,4-5,7,9H,1,3,6,14H2. The highest BCUT2D eigenvalue weighted by molar-refractivity contribution is 6.30. The van der Waals surface area contributed by atoms with Crippen LogP contribution in [0.15, 0.2) is 30.9 Å². The van der Waals surface area contributed by atoms with Crippen LogP contribution < -0.4 is 5.73 Å². The zero-order valence-corrected chi connectivity index (χ0v) is 8.60. The Morgan fingerprint density at radius 2 is 2.29 bits per heavy atom. The molecule has 0 aliphatic rings. The topological polar surface area (TPSA) is 26.0 Å². The molecule has 0 radical (unpaired) electrons. The summed E-state index contributed by atoms with van der Waals surface area (Å²) in [4.78, 5) is 0. The molecule has 1 atom stereocenters. The molecule has 0 fully saturated rings. The van der Waals surface area contributed by atoms with Crippen LogP contribution in [0.25, 0.3) is 0 Å². The third-order valence-electron chi connectivity index (χ3n) is 1.95. The van der Waals surface area contributed by atoms with Crippen molar-refractivity contribution in [3.8, 4) is 0 Å². The minimum Gasteiger partial charge on any atom is -0.327 e. The van der Waals surface area contributed by atoms with Crippen molar-refractivity contribution in [3.05, 3.63) is 47.3 Å². The van der Waals surface area contributed by atoms with Gasteiger partial charge in [0, 0.05) is 6.04 Å². The van der Waals surface area contributed by atoms with Crippen molar-refractivity contribution in [1.82, 2.24) is 0 Å². The van der Waals surface area contributed by atoms with Gasteiger partial charge in [0.05, 0.1) is 5.02 Å². The second kappa shape index (κ2) is 5.13. The van der Waals surface area contributed by atoms with Gasteiger partial charge in [-0.1, -0.05) is 23.7 Å². The third-order valence-corrected chi connectivity index (χ3v) is 2.26. The average Bonchev–Trinajstić information content (AvgIpc) is 2.12. The minimum atomic E-state index is -0.394. The van der Waals surface area contributed by atoms with Gasteiger partial charge in [-0.05, 0) is 30.5 Å². The molecule has 0 saturated carbocycles. The molecule has 14 heavy (non-hydrogen) atoms. The molecule has 1 nitrogen and oxygen atoms in total. The van der Waals surface area contributed by atoms with Crippen LogP contribution >= 0.6 is 11.6 Å². The molecule has 0 saturated heterocycles. The Morgan fingerprint density at radius 3 is 2.86 bits per heavy atom. The smallest absolute Gasteiger partial charge is 0.142 e. The number of rotatable bonds is 4. The first-order chi connectivity index (χ1) is 6.63. The van der Waals surface area contributed by atoms with Gasteiger partial charge in [0.1, 0.15) is 5.82 Å². The van der Waals surface area contributed by atoms with E-state index in [4.69, 9.17) is 17.3 Å². The second-order valence-electron chi connectivity index (χ2n) is 3.24. The summed E-state index contributed by atoms with van der Waals surface area (Å²) in [6, 6.07) is 4.75. The first-order valence-electron chi connectivity index (χ1n) is 4.44. The van der Waals surface area contributed by atoms with E-state index in [2.05, 4.69) is 6.58 Å². The monoisotopic (exact) mass is 213 g/mol. The first kappa shape index (κ1) is 11.2. The van der Waals surface area contributed by atoms with Gasteiger partial charge >= 0.3 is 0 Å². The maximum Gasteiger partial charge on any atom is 0.142 e. The lowest BCUT2D eigenvalue weighted by Crippen LogP contribution is -2.21. The fraction of sp³-hybridized carbons (Fsp3) is 0.273. The minimum absolute atomic E-state index is 0.00641. The molecule has 1 unspecified atom stereocenters. The second-order valence-corrected chi connectivity index (χ2v) is 3.64. The Morgan fingerprint density at radius 1 is 1.57 bits per heavy atom. The van der Waals surface area contributed by atoms with Crippen LogP contribution in [0.2, 0.25) is 5.02 Å². The van der Waals surface area contributed by atoms with E-state index >= 15 is 0 Å². The summed E-state index contributed by atoms with van der Waals surface area (Å²) in [5.74, 6) is -0.394. The number of benzene rings is 1. The molecule has 0 aromatic heterocycles. The molecule has 3 heteroatoms. The molecule has 2 N–H and O–H groups in total. The average molecular weight is 214 g/mol. The van der Waals surface area contributed by atoms with Gasteiger partial charge in [0.2, 0.25) is 0 Å². The van der Waals surface area contributed by atoms with Gasteiger partial charge in [-0.15, -0.1) is 6.58 Å². The molecule has 0 bridgehead atoms. The Kier molecular flexibility index (Phi) is 4.11. The van der Waals surface area contributed by atoms with Gasteiger partial charge in [0.15, 0.2) is 0 Å². The molecule has 1 aromatic rings. The summed E-state index contributed by atoms with van der Waals surface area (Å²) in [5.41, 5.74) is 6.64. The lowest BCUT2D eigenvalue weighted by molar-refractivity contribution is 0.620. The van der Waals surface area contributed by atoms with Gasteiger partial charge in [-0.25, -0.2) is 4.39 Å². The molecule has 0 aliphatic carbocycles. The van der Waals surface area contributed by atoms with E-state index in [1.807, 2.05) is 0 Å². The van der Waals surface area contributed by atoms with Crippen LogP contribution in [0.4, 0.5) is 4.39 Å². The molecule has 1 aromatic carbocycles. The summed E-state index contributed by atoms with van der Waals surface area (Å²) in [6.07, 6.45) is 3.13. The number of nitrogens with two attached hydrogens (primary N) is 1. The quantitative estimate of drug-likeness (QED) is 0.765.